The Labute approximate surface area is 149 Å². The minimum atomic E-state index is -1.84. The third-order valence-corrected chi connectivity index (χ3v) is 4.15. The van der Waals surface area contributed by atoms with E-state index in [1.807, 2.05) is 6.92 Å². The summed E-state index contributed by atoms with van der Waals surface area (Å²) < 4.78 is 26.7. The van der Waals surface area contributed by atoms with Crippen molar-refractivity contribution < 1.29 is 19.0 Å². The Morgan fingerprint density at radius 1 is 1.15 bits per heavy atom. The first-order chi connectivity index (χ1) is 12.4. The molecule has 0 amide bonds. The van der Waals surface area contributed by atoms with Gasteiger partial charge in [0.05, 0.1) is 6.33 Å². The van der Waals surface area contributed by atoms with E-state index in [0.717, 1.165) is 17.8 Å². The summed E-state index contributed by atoms with van der Waals surface area (Å²) in [4.78, 5) is 6.93. The highest BCUT2D eigenvalue weighted by Gasteiger charge is 2.35. The van der Waals surface area contributed by atoms with Crippen LogP contribution >= 0.6 is 0 Å². The molecular weight excluding hydrogens is 340 g/mol. The molecule has 136 valence electrons. The van der Waals surface area contributed by atoms with E-state index in [4.69, 9.17) is 0 Å². The Kier molecular flexibility index (Phi) is 5.01. The molecule has 4 N–H and O–H groups in total. The molecule has 0 saturated carbocycles. The molecule has 5 nitrogen and oxygen atoms in total. The van der Waals surface area contributed by atoms with E-state index >= 15 is 0 Å². The summed E-state index contributed by atoms with van der Waals surface area (Å²) in [7, 11) is 0. The van der Waals surface area contributed by atoms with Crippen LogP contribution in [0.4, 0.5) is 8.78 Å². The van der Waals surface area contributed by atoms with Crippen LogP contribution in [0.5, 0.6) is 5.75 Å². The van der Waals surface area contributed by atoms with Crippen LogP contribution in [-0.2, 0) is 12.1 Å². The molecule has 0 radical (unpaired) electrons. The van der Waals surface area contributed by atoms with Gasteiger partial charge in [0.1, 0.15) is 17.4 Å². The molecule has 0 fully saturated rings. The van der Waals surface area contributed by atoms with Gasteiger partial charge in [0.15, 0.2) is 5.72 Å². The van der Waals surface area contributed by atoms with Gasteiger partial charge in [-0.25, -0.2) is 13.8 Å². The van der Waals surface area contributed by atoms with Gasteiger partial charge in [0.2, 0.25) is 0 Å². The van der Waals surface area contributed by atoms with Gasteiger partial charge >= 0.3 is 0 Å². The quantitative estimate of drug-likeness (QED) is 0.510. The van der Waals surface area contributed by atoms with E-state index in [2.05, 4.69) is 15.3 Å². The molecule has 0 aliphatic heterocycles. The van der Waals surface area contributed by atoms with Crippen LogP contribution in [0.1, 0.15) is 23.7 Å². The minimum Gasteiger partial charge on any atom is -0.507 e. The average molecular weight is 359 g/mol. The van der Waals surface area contributed by atoms with Gasteiger partial charge in [-0.3, -0.25) is 5.32 Å². The number of phenols is 1. The van der Waals surface area contributed by atoms with Gasteiger partial charge < -0.3 is 15.2 Å². The SMILES string of the molecule is C[C@H](Cc1cnc[nH]1)NC(O)(c1ccc(F)cc1)c1ccc(F)cc1O. The van der Waals surface area contributed by atoms with Crippen molar-refractivity contribution in [3.63, 3.8) is 0 Å². The number of rotatable bonds is 6. The standard InChI is InChI=1S/C19H19F2N3O2/c1-12(8-16-10-22-11-23-16)24-19(26,13-2-4-14(20)5-3-13)17-7-6-15(21)9-18(17)25/h2-7,9-12,24-26H,8H2,1H3,(H,22,23)/t12-,19?/m1/s1. The fourth-order valence-electron chi connectivity index (χ4n) is 2.95. The molecule has 7 heteroatoms. The molecule has 0 saturated heterocycles. The highest BCUT2D eigenvalue weighted by Crippen LogP contribution is 2.34. The number of imidazole rings is 1. The molecule has 1 unspecified atom stereocenters. The lowest BCUT2D eigenvalue weighted by molar-refractivity contribution is 0.0298. The molecule has 2 aromatic carbocycles. The lowest BCUT2D eigenvalue weighted by Gasteiger charge is -2.34. The van der Waals surface area contributed by atoms with Crippen LogP contribution in [0.3, 0.4) is 0 Å². The number of aliphatic hydroxyl groups is 1. The lowest BCUT2D eigenvalue weighted by atomic mass is 9.92. The van der Waals surface area contributed by atoms with Crippen molar-refractivity contribution >= 4 is 0 Å². The summed E-state index contributed by atoms with van der Waals surface area (Å²) in [6, 6.07) is 8.35. The second-order valence-corrected chi connectivity index (χ2v) is 6.21. The van der Waals surface area contributed by atoms with Gasteiger partial charge in [0, 0.05) is 41.5 Å². The second-order valence-electron chi connectivity index (χ2n) is 6.21. The molecular formula is C19H19F2N3O2. The number of hydrogen-bond acceptors (Lipinski definition) is 4. The smallest absolute Gasteiger partial charge is 0.172 e. The first kappa shape index (κ1) is 18.0. The summed E-state index contributed by atoms with van der Waals surface area (Å²) in [6.07, 6.45) is 3.75. The van der Waals surface area contributed by atoms with Gasteiger partial charge in [-0.1, -0.05) is 12.1 Å². The van der Waals surface area contributed by atoms with Crippen LogP contribution in [0.25, 0.3) is 0 Å². The number of aromatic amines is 1. The zero-order valence-corrected chi connectivity index (χ0v) is 14.1. The molecule has 1 aromatic heterocycles. The van der Waals surface area contributed by atoms with E-state index in [9.17, 15) is 19.0 Å². The van der Waals surface area contributed by atoms with Crippen LogP contribution in [0.15, 0.2) is 55.0 Å². The number of halogens is 2. The maximum atomic E-state index is 13.4. The third kappa shape index (κ3) is 3.74. The van der Waals surface area contributed by atoms with Crippen molar-refractivity contribution in [1.29, 1.82) is 0 Å². The number of nitrogens with zero attached hydrogens (tertiary/aromatic N) is 1. The maximum Gasteiger partial charge on any atom is 0.172 e. The highest BCUT2D eigenvalue weighted by atomic mass is 19.1. The van der Waals surface area contributed by atoms with E-state index in [0.29, 0.717) is 12.0 Å². The summed E-state index contributed by atoms with van der Waals surface area (Å²) in [5, 5.41) is 24.6. The molecule has 0 bridgehead atoms. The zero-order valence-electron chi connectivity index (χ0n) is 14.1. The molecule has 2 atom stereocenters. The highest BCUT2D eigenvalue weighted by molar-refractivity contribution is 5.44. The number of hydrogen-bond donors (Lipinski definition) is 4. The zero-order chi connectivity index (χ0) is 18.7. The van der Waals surface area contributed by atoms with Crippen molar-refractivity contribution in [2.75, 3.05) is 0 Å². The number of H-pyrrole nitrogens is 1. The van der Waals surface area contributed by atoms with Crippen LogP contribution < -0.4 is 5.32 Å². The fraction of sp³-hybridized carbons (Fsp3) is 0.211. The van der Waals surface area contributed by atoms with Gasteiger partial charge in [-0.15, -0.1) is 0 Å². The normalized spacial score (nSPS) is 14.8. The van der Waals surface area contributed by atoms with Gasteiger partial charge in [-0.05, 0) is 31.2 Å². The molecule has 26 heavy (non-hydrogen) atoms. The van der Waals surface area contributed by atoms with Crippen LogP contribution in [0, 0.1) is 11.6 Å². The predicted octanol–water partition coefficient (Wildman–Crippen LogP) is 2.81. The Bertz CT molecular complexity index is 869. The molecule has 3 aromatic rings. The second kappa shape index (κ2) is 7.23. The van der Waals surface area contributed by atoms with E-state index < -0.39 is 23.1 Å². The van der Waals surface area contributed by atoms with Crippen LogP contribution in [-0.4, -0.2) is 26.2 Å². The van der Waals surface area contributed by atoms with E-state index in [1.165, 1.54) is 30.3 Å². The van der Waals surface area contributed by atoms with E-state index in [1.54, 1.807) is 12.5 Å². The first-order valence-corrected chi connectivity index (χ1v) is 8.11. The van der Waals surface area contributed by atoms with Crippen molar-refractivity contribution in [2.24, 2.45) is 0 Å². The molecule has 0 aliphatic carbocycles. The summed E-state index contributed by atoms with van der Waals surface area (Å²) in [6.45, 7) is 1.84. The Morgan fingerprint density at radius 3 is 2.46 bits per heavy atom. The van der Waals surface area contributed by atoms with Crippen molar-refractivity contribution in [2.45, 2.75) is 25.1 Å². The maximum absolute atomic E-state index is 13.4. The Morgan fingerprint density at radius 2 is 1.85 bits per heavy atom. The third-order valence-electron chi connectivity index (χ3n) is 4.15. The van der Waals surface area contributed by atoms with Crippen molar-refractivity contribution in [3.05, 3.63) is 83.4 Å². The Balaban J connectivity index is 1.99. The predicted molar refractivity (Wildman–Crippen MR) is 92.4 cm³/mol. The average Bonchev–Trinajstić information content (AvgIpc) is 3.07. The molecule has 0 aliphatic rings. The van der Waals surface area contributed by atoms with Crippen molar-refractivity contribution in [3.8, 4) is 5.75 Å². The molecule has 0 spiro atoms. The monoisotopic (exact) mass is 359 g/mol. The molecule has 1 heterocycles. The fourth-order valence-corrected chi connectivity index (χ4v) is 2.95. The minimum absolute atomic E-state index is 0.0713. The lowest BCUT2D eigenvalue weighted by Crippen LogP contribution is -2.48. The summed E-state index contributed by atoms with van der Waals surface area (Å²) in [5.74, 6) is -1.48. The Hall–Kier alpha value is -2.77. The number of nitrogens with one attached hydrogen (secondary N) is 2. The largest absolute Gasteiger partial charge is 0.507 e. The number of aromatic hydroxyl groups is 1. The molecule has 3 rings (SSSR count). The van der Waals surface area contributed by atoms with Crippen molar-refractivity contribution in [1.82, 2.24) is 15.3 Å². The summed E-state index contributed by atoms with van der Waals surface area (Å²) >= 11 is 0. The number of phenolic OH excluding ortho intramolecular Hbond substituents is 1. The number of benzene rings is 2. The topological polar surface area (TPSA) is 81.2 Å². The van der Waals surface area contributed by atoms with Crippen LogP contribution in [0.2, 0.25) is 0 Å². The number of aromatic nitrogens is 2. The van der Waals surface area contributed by atoms with E-state index in [-0.39, 0.29) is 11.6 Å². The van der Waals surface area contributed by atoms with Gasteiger partial charge in [-0.2, -0.15) is 0 Å². The van der Waals surface area contributed by atoms with Gasteiger partial charge in [0.25, 0.3) is 0 Å². The first-order valence-electron chi connectivity index (χ1n) is 8.11. The summed E-state index contributed by atoms with van der Waals surface area (Å²) in [5.41, 5.74) is -0.598.